The normalized spacial score (nSPS) is 24.1. The Morgan fingerprint density at radius 1 is 1.57 bits per heavy atom. The van der Waals surface area contributed by atoms with Crippen molar-refractivity contribution in [3.05, 3.63) is 11.8 Å². The molecule has 1 aliphatic rings. The van der Waals surface area contributed by atoms with Gasteiger partial charge in [0.1, 0.15) is 5.92 Å². The Hall–Kier alpha value is -1.32. The van der Waals surface area contributed by atoms with E-state index in [0.29, 0.717) is 18.4 Å². The van der Waals surface area contributed by atoms with Crippen molar-refractivity contribution in [1.82, 2.24) is 4.90 Å². The lowest BCUT2D eigenvalue weighted by Gasteiger charge is -2.06. The molecule has 0 amide bonds. The minimum atomic E-state index is -0.578. The Kier molecular flexibility index (Phi) is 3.28. The van der Waals surface area contributed by atoms with Gasteiger partial charge in [0.25, 0.3) is 0 Å². The summed E-state index contributed by atoms with van der Waals surface area (Å²) in [5.41, 5.74) is 0.713. The van der Waals surface area contributed by atoms with E-state index in [2.05, 4.69) is 4.74 Å². The first-order valence-corrected chi connectivity index (χ1v) is 4.55. The van der Waals surface area contributed by atoms with E-state index in [0.717, 1.165) is 0 Å². The molecule has 0 aliphatic heterocycles. The molecule has 14 heavy (non-hydrogen) atoms. The van der Waals surface area contributed by atoms with Gasteiger partial charge in [-0.25, -0.2) is 0 Å². The zero-order valence-electron chi connectivity index (χ0n) is 8.74. The third kappa shape index (κ3) is 2.13. The van der Waals surface area contributed by atoms with Crippen molar-refractivity contribution in [2.45, 2.75) is 12.8 Å². The van der Waals surface area contributed by atoms with Crippen LogP contribution >= 0.6 is 0 Å². The second kappa shape index (κ2) is 4.26. The van der Waals surface area contributed by atoms with Gasteiger partial charge in [-0.2, -0.15) is 0 Å². The molecule has 0 aromatic heterocycles. The summed E-state index contributed by atoms with van der Waals surface area (Å²) in [6, 6.07) is 0. The Morgan fingerprint density at radius 3 is 2.71 bits per heavy atom. The number of ketones is 1. The number of Topliss-reactive ketones (excluding diaryl/α,β-unsaturated/α-hetero) is 1. The van der Waals surface area contributed by atoms with Gasteiger partial charge in [0.15, 0.2) is 5.78 Å². The highest BCUT2D eigenvalue weighted by Gasteiger charge is 2.35. The highest BCUT2D eigenvalue weighted by Crippen LogP contribution is 2.27. The van der Waals surface area contributed by atoms with E-state index in [9.17, 15) is 9.59 Å². The lowest BCUT2D eigenvalue weighted by molar-refractivity contribution is -0.147. The van der Waals surface area contributed by atoms with Crippen molar-refractivity contribution in [3.8, 4) is 0 Å². The Bertz CT molecular complexity index is 281. The summed E-state index contributed by atoms with van der Waals surface area (Å²) in [7, 11) is 5.01. The molecular formula is C10H15NO3. The van der Waals surface area contributed by atoms with Crippen LogP contribution in [0.2, 0.25) is 0 Å². The molecule has 1 aliphatic carbocycles. The minimum absolute atomic E-state index is 0.0921. The largest absolute Gasteiger partial charge is 0.468 e. The molecule has 1 saturated carbocycles. The Labute approximate surface area is 83.5 Å². The zero-order valence-corrected chi connectivity index (χ0v) is 8.74. The number of methoxy groups -OCH3 is 1. The number of carbonyl (C=O) groups is 2. The van der Waals surface area contributed by atoms with Crippen LogP contribution in [-0.2, 0) is 14.3 Å². The van der Waals surface area contributed by atoms with Crippen molar-refractivity contribution in [1.29, 1.82) is 0 Å². The van der Waals surface area contributed by atoms with Gasteiger partial charge in [0.05, 0.1) is 7.11 Å². The summed E-state index contributed by atoms with van der Waals surface area (Å²) in [5, 5.41) is 0. The van der Waals surface area contributed by atoms with Gasteiger partial charge in [-0.3, -0.25) is 9.59 Å². The first-order chi connectivity index (χ1) is 6.56. The number of allylic oxidation sites excluding steroid dienone is 1. The van der Waals surface area contributed by atoms with Gasteiger partial charge < -0.3 is 9.64 Å². The monoisotopic (exact) mass is 197 g/mol. The SMILES string of the molecule is COC(=O)C1CC/C(=C/N(C)C)C1=O. The van der Waals surface area contributed by atoms with Gasteiger partial charge in [0.2, 0.25) is 0 Å². The first kappa shape index (κ1) is 10.8. The molecule has 0 bridgehead atoms. The number of hydrogen-bond donors (Lipinski definition) is 0. The number of nitrogens with zero attached hydrogens (tertiary/aromatic N) is 1. The number of carbonyl (C=O) groups excluding carboxylic acids is 2. The van der Waals surface area contributed by atoms with Crippen LogP contribution < -0.4 is 0 Å². The van der Waals surface area contributed by atoms with Crippen molar-refractivity contribution in [2.75, 3.05) is 21.2 Å². The van der Waals surface area contributed by atoms with Crippen LogP contribution in [0.1, 0.15) is 12.8 Å². The van der Waals surface area contributed by atoms with Gasteiger partial charge in [-0.15, -0.1) is 0 Å². The molecule has 78 valence electrons. The molecule has 0 spiro atoms. The molecule has 1 rings (SSSR count). The predicted molar refractivity (Wildman–Crippen MR) is 51.5 cm³/mol. The predicted octanol–water partition coefficient (Wildman–Crippen LogP) is 0.584. The molecule has 0 saturated heterocycles. The summed E-state index contributed by atoms with van der Waals surface area (Å²) >= 11 is 0. The van der Waals surface area contributed by atoms with Gasteiger partial charge in [-0.05, 0) is 12.8 Å². The molecule has 0 aromatic carbocycles. The fourth-order valence-electron chi connectivity index (χ4n) is 1.58. The summed E-state index contributed by atoms with van der Waals surface area (Å²) in [6.45, 7) is 0. The second-order valence-electron chi connectivity index (χ2n) is 3.60. The molecule has 0 radical (unpaired) electrons. The van der Waals surface area contributed by atoms with E-state index in [4.69, 9.17) is 0 Å². The fraction of sp³-hybridized carbons (Fsp3) is 0.600. The average molecular weight is 197 g/mol. The standard InChI is InChI=1S/C10H15NO3/c1-11(2)6-7-4-5-8(9(7)12)10(13)14-3/h6,8H,4-5H2,1-3H3/b7-6-. The van der Waals surface area contributed by atoms with Crippen molar-refractivity contribution in [3.63, 3.8) is 0 Å². The maximum atomic E-state index is 11.6. The lowest BCUT2D eigenvalue weighted by atomic mass is 10.1. The summed E-state index contributed by atoms with van der Waals surface area (Å²) in [6.07, 6.45) is 3.01. The van der Waals surface area contributed by atoms with Crippen molar-refractivity contribution >= 4 is 11.8 Å². The molecule has 4 heteroatoms. The molecule has 0 N–H and O–H groups in total. The minimum Gasteiger partial charge on any atom is -0.468 e. The first-order valence-electron chi connectivity index (χ1n) is 4.55. The molecule has 0 aromatic rings. The van der Waals surface area contributed by atoms with E-state index < -0.39 is 11.9 Å². The van der Waals surface area contributed by atoms with Crippen LogP contribution in [0.5, 0.6) is 0 Å². The number of ether oxygens (including phenoxy) is 1. The Morgan fingerprint density at radius 2 is 2.21 bits per heavy atom. The highest BCUT2D eigenvalue weighted by molar-refractivity contribution is 6.10. The molecule has 1 atom stereocenters. The molecular weight excluding hydrogens is 182 g/mol. The van der Waals surface area contributed by atoms with Crippen LogP contribution in [0.3, 0.4) is 0 Å². The maximum Gasteiger partial charge on any atom is 0.316 e. The van der Waals surface area contributed by atoms with Crippen LogP contribution in [-0.4, -0.2) is 37.9 Å². The van der Waals surface area contributed by atoms with E-state index in [1.165, 1.54) is 7.11 Å². The van der Waals surface area contributed by atoms with Gasteiger partial charge in [0, 0.05) is 25.9 Å². The lowest BCUT2D eigenvalue weighted by Crippen LogP contribution is -2.21. The molecule has 1 fully saturated rings. The number of esters is 1. The smallest absolute Gasteiger partial charge is 0.316 e. The third-order valence-electron chi connectivity index (χ3n) is 2.24. The molecule has 0 heterocycles. The van der Waals surface area contributed by atoms with Gasteiger partial charge in [-0.1, -0.05) is 0 Å². The van der Waals surface area contributed by atoms with E-state index in [-0.39, 0.29) is 5.78 Å². The molecule has 4 nitrogen and oxygen atoms in total. The second-order valence-corrected chi connectivity index (χ2v) is 3.60. The van der Waals surface area contributed by atoms with E-state index in [1.807, 2.05) is 19.0 Å². The fourth-order valence-corrected chi connectivity index (χ4v) is 1.58. The zero-order chi connectivity index (χ0) is 10.7. The number of hydrogen-bond acceptors (Lipinski definition) is 4. The van der Waals surface area contributed by atoms with Crippen LogP contribution in [0, 0.1) is 5.92 Å². The summed E-state index contributed by atoms with van der Waals surface area (Å²) in [4.78, 5) is 24.6. The van der Waals surface area contributed by atoms with E-state index in [1.54, 1.807) is 6.20 Å². The van der Waals surface area contributed by atoms with Crippen LogP contribution in [0.15, 0.2) is 11.8 Å². The molecule has 1 unspecified atom stereocenters. The summed E-state index contributed by atoms with van der Waals surface area (Å²) < 4.78 is 4.56. The van der Waals surface area contributed by atoms with E-state index >= 15 is 0 Å². The Balaban J connectivity index is 2.74. The highest BCUT2D eigenvalue weighted by atomic mass is 16.5. The van der Waals surface area contributed by atoms with Crippen molar-refractivity contribution < 1.29 is 14.3 Å². The average Bonchev–Trinajstić information content (AvgIpc) is 2.46. The van der Waals surface area contributed by atoms with Gasteiger partial charge >= 0.3 is 5.97 Å². The van der Waals surface area contributed by atoms with Crippen LogP contribution in [0.25, 0.3) is 0 Å². The maximum absolute atomic E-state index is 11.6. The van der Waals surface area contributed by atoms with Crippen LogP contribution in [0.4, 0.5) is 0 Å². The van der Waals surface area contributed by atoms with Crippen molar-refractivity contribution in [2.24, 2.45) is 5.92 Å². The number of rotatable bonds is 2. The third-order valence-corrected chi connectivity index (χ3v) is 2.24. The topological polar surface area (TPSA) is 46.6 Å². The summed E-state index contributed by atoms with van der Waals surface area (Å²) in [5.74, 6) is -1.09. The quantitative estimate of drug-likeness (QED) is 0.369.